The van der Waals surface area contributed by atoms with Gasteiger partial charge in [0.05, 0.1) is 12.1 Å². The fraction of sp³-hybridized carbons (Fsp3) is 0.389. The molecule has 6 heteroatoms. The molecule has 0 aliphatic heterocycles. The van der Waals surface area contributed by atoms with Crippen LogP contribution in [0.1, 0.15) is 46.8 Å². The maximum atomic E-state index is 13.4. The fourth-order valence-corrected chi connectivity index (χ4v) is 3.64. The Kier molecular flexibility index (Phi) is 5.59. The Morgan fingerprint density at radius 2 is 1.83 bits per heavy atom. The zero-order chi connectivity index (χ0) is 18.0. The minimum absolute atomic E-state index is 0.123. The van der Waals surface area contributed by atoms with E-state index in [1.54, 1.807) is 25.3 Å². The second kappa shape index (κ2) is 7.30. The number of nitrogens with zero attached hydrogens (tertiary/aromatic N) is 1. The average Bonchev–Trinajstić information content (AvgIpc) is 2.87. The second-order valence-corrected chi connectivity index (χ2v) is 7.46. The lowest BCUT2D eigenvalue weighted by molar-refractivity contribution is 0.191. The number of benzene rings is 1. The molecule has 2 unspecified atom stereocenters. The maximum Gasteiger partial charge on any atom is 0.318 e. The van der Waals surface area contributed by atoms with Gasteiger partial charge in [0, 0.05) is 16.8 Å². The van der Waals surface area contributed by atoms with Crippen LogP contribution < -0.4 is 5.32 Å². The van der Waals surface area contributed by atoms with Crippen LogP contribution >= 0.6 is 11.3 Å². The molecule has 1 N–H and O–H groups in total. The Balaban J connectivity index is 2.08. The molecule has 0 aliphatic rings. The van der Waals surface area contributed by atoms with Crippen LogP contribution in [0, 0.1) is 25.5 Å². The van der Waals surface area contributed by atoms with Gasteiger partial charge in [-0.25, -0.2) is 13.6 Å². The predicted octanol–water partition coefficient (Wildman–Crippen LogP) is 5.11. The van der Waals surface area contributed by atoms with E-state index in [1.807, 2.05) is 20.8 Å². The highest BCUT2D eigenvalue weighted by Gasteiger charge is 2.21. The number of aryl methyl sites for hydroxylation is 2. The minimum atomic E-state index is -0.911. The molecule has 130 valence electrons. The van der Waals surface area contributed by atoms with Crippen molar-refractivity contribution in [3.63, 3.8) is 0 Å². The SMILES string of the molecule is Cc1cc(C(C)NC(=O)N(C)C(C)c2ccc(F)c(F)c2)c(C)s1. The fourth-order valence-electron chi connectivity index (χ4n) is 2.62. The summed E-state index contributed by atoms with van der Waals surface area (Å²) in [4.78, 5) is 16.3. The van der Waals surface area contributed by atoms with Crippen LogP contribution in [-0.2, 0) is 0 Å². The van der Waals surface area contributed by atoms with Crippen molar-refractivity contribution in [2.24, 2.45) is 0 Å². The largest absolute Gasteiger partial charge is 0.331 e. The monoisotopic (exact) mass is 352 g/mol. The van der Waals surface area contributed by atoms with E-state index in [4.69, 9.17) is 0 Å². The molecule has 2 aromatic rings. The number of amides is 2. The molecule has 0 aliphatic carbocycles. The summed E-state index contributed by atoms with van der Waals surface area (Å²) in [6.07, 6.45) is 0. The van der Waals surface area contributed by atoms with Crippen LogP contribution in [0.25, 0.3) is 0 Å². The first-order chi connectivity index (χ1) is 11.2. The molecule has 0 fully saturated rings. The Morgan fingerprint density at radius 1 is 1.17 bits per heavy atom. The zero-order valence-electron chi connectivity index (χ0n) is 14.5. The van der Waals surface area contributed by atoms with Gasteiger partial charge in [-0.1, -0.05) is 6.07 Å². The Morgan fingerprint density at radius 3 is 2.38 bits per heavy atom. The van der Waals surface area contributed by atoms with Gasteiger partial charge >= 0.3 is 6.03 Å². The van der Waals surface area contributed by atoms with Crippen molar-refractivity contribution in [2.45, 2.75) is 39.8 Å². The summed E-state index contributed by atoms with van der Waals surface area (Å²) in [6.45, 7) is 7.77. The highest BCUT2D eigenvalue weighted by Crippen LogP contribution is 2.27. The zero-order valence-corrected chi connectivity index (χ0v) is 15.3. The summed E-state index contributed by atoms with van der Waals surface area (Å²) in [7, 11) is 1.64. The molecule has 0 radical (unpaired) electrons. The van der Waals surface area contributed by atoms with Crippen molar-refractivity contribution in [1.29, 1.82) is 0 Å². The number of hydrogen-bond acceptors (Lipinski definition) is 2. The molecular formula is C18H22F2N2OS. The molecule has 1 heterocycles. The van der Waals surface area contributed by atoms with Crippen LogP contribution in [0.15, 0.2) is 24.3 Å². The third-order valence-electron chi connectivity index (χ3n) is 4.21. The smallest absolute Gasteiger partial charge is 0.318 e. The van der Waals surface area contributed by atoms with Gasteiger partial charge in [-0.05, 0) is 57.0 Å². The van der Waals surface area contributed by atoms with E-state index >= 15 is 0 Å². The van der Waals surface area contributed by atoms with Gasteiger partial charge in [0.1, 0.15) is 0 Å². The standard InChI is InChI=1S/C18H22F2N2OS/c1-10-8-15(13(4)24-10)11(2)21-18(23)22(5)12(3)14-6-7-16(19)17(20)9-14/h6-9,11-12H,1-5H3,(H,21,23). The molecule has 0 saturated carbocycles. The van der Waals surface area contributed by atoms with Gasteiger partial charge in [-0.3, -0.25) is 0 Å². The summed E-state index contributed by atoms with van der Waals surface area (Å²) < 4.78 is 26.4. The van der Waals surface area contributed by atoms with E-state index in [0.29, 0.717) is 5.56 Å². The van der Waals surface area contributed by atoms with Crippen molar-refractivity contribution in [3.8, 4) is 0 Å². The van der Waals surface area contributed by atoms with Crippen molar-refractivity contribution in [2.75, 3.05) is 7.05 Å². The molecule has 3 nitrogen and oxygen atoms in total. The van der Waals surface area contributed by atoms with Gasteiger partial charge < -0.3 is 10.2 Å². The van der Waals surface area contributed by atoms with Gasteiger partial charge in [-0.2, -0.15) is 0 Å². The normalized spacial score (nSPS) is 13.5. The molecule has 24 heavy (non-hydrogen) atoms. The predicted molar refractivity (Wildman–Crippen MR) is 93.3 cm³/mol. The van der Waals surface area contributed by atoms with Crippen molar-refractivity contribution >= 4 is 17.4 Å². The number of rotatable bonds is 4. The van der Waals surface area contributed by atoms with Crippen molar-refractivity contribution in [3.05, 3.63) is 56.8 Å². The number of thiophene rings is 1. The molecule has 2 amide bonds. The molecule has 1 aromatic carbocycles. The molecule has 2 atom stereocenters. The third-order valence-corrected chi connectivity index (χ3v) is 5.19. The van der Waals surface area contributed by atoms with Crippen LogP contribution in [0.4, 0.5) is 13.6 Å². The van der Waals surface area contributed by atoms with Crippen LogP contribution in [-0.4, -0.2) is 18.0 Å². The molecule has 2 rings (SSSR count). The quantitative estimate of drug-likeness (QED) is 0.815. The van der Waals surface area contributed by atoms with E-state index in [0.717, 1.165) is 17.7 Å². The summed E-state index contributed by atoms with van der Waals surface area (Å²) in [6, 6.07) is 5.00. The Hall–Kier alpha value is -1.95. The van der Waals surface area contributed by atoms with Gasteiger partial charge in [0.2, 0.25) is 0 Å². The Labute approximate surface area is 145 Å². The van der Waals surface area contributed by atoms with E-state index in [2.05, 4.69) is 11.4 Å². The highest BCUT2D eigenvalue weighted by atomic mass is 32.1. The topological polar surface area (TPSA) is 32.3 Å². The molecule has 0 bridgehead atoms. The molecule has 1 aromatic heterocycles. The van der Waals surface area contributed by atoms with Gasteiger partial charge in [0.15, 0.2) is 11.6 Å². The van der Waals surface area contributed by atoms with Gasteiger partial charge in [0.25, 0.3) is 0 Å². The summed E-state index contributed by atoms with van der Waals surface area (Å²) in [5.74, 6) is -1.80. The third kappa shape index (κ3) is 3.93. The first-order valence-electron chi connectivity index (χ1n) is 7.76. The van der Waals surface area contributed by atoms with E-state index in [-0.39, 0.29) is 18.1 Å². The lowest BCUT2D eigenvalue weighted by Gasteiger charge is -2.27. The van der Waals surface area contributed by atoms with Crippen molar-refractivity contribution in [1.82, 2.24) is 10.2 Å². The molecule has 0 saturated heterocycles. The van der Waals surface area contributed by atoms with Crippen molar-refractivity contribution < 1.29 is 13.6 Å². The lowest BCUT2D eigenvalue weighted by atomic mass is 10.1. The number of carbonyl (C=O) groups is 1. The summed E-state index contributed by atoms with van der Waals surface area (Å²) in [5.41, 5.74) is 1.64. The number of nitrogens with one attached hydrogen (secondary N) is 1. The summed E-state index contributed by atoms with van der Waals surface area (Å²) in [5, 5.41) is 2.95. The van der Waals surface area contributed by atoms with Crippen LogP contribution in [0.3, 0.4) is 0 Å². The lowest BCUT2D eigenvalue weighted by Crippen LogP contribution is -2.40. The van der Waals surface area contributed by atoms with E-state index < -0.39 is 11.6 Å². The first-order valence-corrected chi connectivity index (χ1v) is 8.57. The highest BCUT2D eigenvalue weighted by molar-refractivity contribution is 7.12. The molecular weight excluding hydrogens is 330 g/mol. The maximum absolute atomic E-state index is 13.4. The number of urea groups is 1. The number of halogens is 2. The number of hydrogen-bond donors (Lipinski definition) is 1. The average molecular weight is 352 g/mol. The van der Waals surface area contributed by atoms with E-state index in [1.165, 1.54) is 20.7 Å². The first kappa shape index (κ1) is 18.4. The Bertz CT molecular complexity index is 745. The number of carbonyl (C=O) groups excluding carboxylic acids is 1. The van der Waals surface area contributed by atoms with Gasteiger partial charge in [-0.15, -0.1) is 11.3 Å². The van der Waals surface area contributed by atoms with Crippen LogP contribution in [0.5, 0.6) is 0 Å². The van der Waals surface area contributed by atoms with Crippen LogP contribution in [0.2, 0.25) is 0 Å². The second-order valence-electron chi connectivity index (χ2n) is 6.00. The van der Waals surface area contributed by atoms with E-state index in [9.17, 15) is 13.6 Å². The summed E-state index contributed by atoms with van der Waals surface area (Å²) >= 11 is 1.70. The minimum Gasteiger partial charge on any atom is -0.331 e. The molecule has 0 spiro atoms.